The zero-order valence-electron chi connectivity index (χ0n) is 41.5. The highest BCUT2D eigenvalue weighted by Gasteiger charge is 2.54. The summed E-state index contributed by atoms with van der Waals surface area (Å²) in [7, 11) is 0. The summed E-state index contributed by atoms with van der Waals surface area (Å²) >= 11 is 0. The fourth-order valence-electron chi connectivity index (χ4n) is 14.8. The van der Waals surface area contributed by atoms with Crippen molar-refractivity contribution in [2.24, 2.45) is 0 Å². The Morgan fingerprint density at radius 2 is 0.737 bits per heavy atom. The lowest BCUT2D eigenvalue weighted by Gasteiger charge is -2.40. The lowest BCUT2D eigenvalue weighted by atomic mass is 9.65. The van der Waals surface area contributed by atoms with Crippen molar-refractivity contribution in [2.45, 2.75) is 10.8 Å². The van der Waals surface area contributed by atoms with E-state index < -0.39 is 10.8 Å². The van der Waals surface area contributed by atoms with Gasteiger partial charge in [0, 0.05) is 27.6 Å². The van der Waals surface area contributed by atoms with E-state index in [4.69, 9.17) is 0 Å². The fourth-order valence-corrected chi connectivity index (χ4v) is 14.8. The maximum atomic E-state index is 2.63. The van der Waals surface area contributed by atoms with Gasteiger partial charge < -0.3 is 9.47 Å². The van der Waals surface area contributed by atoms with E-state index in [9.17, 15) is 0 Å². The second-order valence-corrected chi connectivity index (χ2v) is 21.0. The molecule has 352 valence electrons. The summed E-state index contributed by atoms with van der Waals surface area (Å²) in [5.74, 6) is 0. The zero-order valence-corrected chi connectivity index (χ0v) is 41.5. The monoisotopic (exact) mass is 962 g/mol. The van der Waals surface area contributed by atoms with E-state index in [2.05, 4.69) is 289 Å². The van der Waals surface area contributed by atoms with Crippen molar-refractivity contribution in [1.29, 1.82) is 0 Å². The average molecular weight is 963 g/mol. The van der Waals surface area contributed by atoms with Gasteiger partial charge in [-0.25, -0.2) is 0 Å². The van der Waals surface area contributed by atoms with Gasteiger partial charge in [0.2, 0.25) is 0 Å². The molecule has 76 heavy (non-hydrogen) atoms. The Bertz CT molecular complexity index is 4520. The van der Waals surface area contributed by atoms with Gasteiger partial charge in [0.1, 0.15) is 0 Å². The molecule has 1 aliphatic heterocycles. The molecule has 2 spiro atoms. The molecule has 4 aliphatic rings. The van der Waals surface area contributed by atoms with Gasteiger partial charge in [-0.05, 0) is 131 Å². The van der Waals surface area contributed by atoms with Gasteiger partial charge in [-0.2, -0.15) is 0 Å². The number of hydrogen-bond acceptors (Lipinski definition) is 1. The van der Waals surface area contributed by atoms with Crippen molar-refractivity contribution in [3.63, 3.8) is 0 Å². The van der Waals surface area contributed by atoms with E-state index in [0.717, 1.165) is 28.2 Å². The van der Waals surface area contributed by atoms with E-state index >= 15 is 0 Å². The first-order valence-electron chi connectivity index (χ1n) is 26.6. The van der Waals surface area contributed by atoms with Crippen LogP contribution in [0.25, 0.3) is 83.1 Å². The molecule has 0 radical (unpaired) electrons. The van der Waals surface area contributed by atoms with Gasteiger partial charge in [0.15, 0.2) is 0 Å². The SMILES string of the molecule is c1ccc(-c2cccc(-c3ccccc3N(c3cc4c5c(c3)c3ccccc3n5-c3ccccc3C43c4ccccc4-c4ccccc43)c3cccc4c3-c3ccccc3C43c4ccccc4-c4ccccc43)c2)cc1. The summed E-state index contributed by atoms with van der Waals surface area (Å²) in [6.07, 6.45) is 0. The van der Waals surface area contributed by atoms with Crippen LogP contribution in [-0.4, -0.2) is 4.57 Å². The Kier molecular flexibility index (Phi) is 8.44. The van der Waals surface area contributed by atoms with E-state index in [0.29, 0.717) is 0 Å². The Morgan fingerprint density at radius 3 is 1.41 bits per heavy atom. The molecule has 2 nitrogen and oxygen atoms in total. The van der Waals surface area contributed by atoms with Gasteiger partial charge in [-0.15, -0.1) is 0 Å². The second-order valence-electron chi connectivity index (χ2n) is 21.0. The van der Waals surface area contributed by atoms with Gasteiger partial charge in [0.25, 0.3) is 0 Å². The molecule has 0 amide bonds. The Labute approximate surface area is 441 Å². The van der Waals surface area contributed by atoms with Crippen LogP contribution in [0.4, 0.5) is 17.1 Å². The molecule has 0 bridgehead atoms. The van der Waals surface area contributed by atoms with Crippen molar-refractivity contribution >= 4 is 38.9 Å². The first-order valence-corrected chi connectivity index (χ1v) is 26.6. The van der Waals surface area contributed by atoms with Crippen molar-refractivity contribution in [2.75, 3.05) is 4.90 Å². The van der Waals surface area contributed by atoms with Crippen LogP contribution in [0.5, 0.6) is 0 Å². The fraction of sp³-hybridized carbons (Fsp3) is 0.0270. The summed E-state index contributed by atoms with van der Waals surface area (Å²) in [5, 5.41) is 2.47. The minimum atomic E-state index is -0.621. The lowest BCUT2D eigenvalue weighted by molar-refractivity contribution is 0.748. The minimum absolute atomic E-state index is 0.515. The molecule has 0 fully saturated rings. The van der Waals surface area contributed by atoms with Crippen LogP contribution in [0.15, 0.2) is 279 Å². The number of fused-ring (bicyclic) bond motifs is 22. The summed E-state index contributed by atoms with van der Waals surface area (Å²) in [6, 6.07) is 105. The largest absolute Gasteiger partial charge is 0.309 e. The van der Waals surface area contributed by atoms with Crippen LogP contribution in [0.1, 0.15) is 44.5 Å². The average Bonchev–Trinajstić information content (AvgIpc) is 4.28. The molecule has 13 aromatic rings. The number of benzene rings is 12. The van der Waals surface area contributed by atoms with Crippen LogP contribution in [0.3, 0.4) is 0 Å². The lowest BCUT2D eigenvalue weighted by Crippen LogP contribution is -2.33. The van der Waals surface area contributed by atoms with Crippen molar-refractivity contribution < 1.29 is 0 Å². The normalized spacial score (nSPS) is 14.0. The predicted molar refractivity (Wildman–Crippen MR) is 313 cm³/mol. The quantitative estimate of drug-likeness (QED) is 0.167. The maximum absolute atomic E-state index is 2.63. The first kappa shape index (κ1) is 41.7. The molecule has 1 aromatic heterocycles. The molecule has 2 heterocycles. The number of hydrogen-bond donors (Lipinski definition) is 0. The molecule has 3 aliphatic carbocycles. The first-order chi connectivity index (χ1) is 37.7. The van der Waals surface area contributed by atoms with E-state index in [1.165, 1.54) is 117 Å². The number of nitrogens with zero attached hydrogens (tertiary/aromatic N) is 2. The van der Waals surface area contributed by atoms with Crippen molar-refractivity contribution in [3.8, 4) is 61.3 Å². The number of anilines is 3. The third-order valence-corrected chi connectivity index (χ3v) is 17.6. The zero-order chi connectivity index (χ0) is 49.7. The molecule has 0 atom stereocenters. The predicted octanol–water partition coefficient (Wildman–Crippen LogP) is 18.6. The van der Waals surface area contributed by atoms with E-state index in [1.807, 2.05) is 0 Å². The smallest absolute Gasteiger partial charge is 0.0755 e. The topological polar surface area (TPSA) is 8.17 Å². The summed E-state index contributed by atoms with van der Waals surface area (Å²) in [5.41, 5.74) is 28.8. The van der Waals surface area contributed by atoms with E-state index in [1.54, 1.807) is 0 Å². The number of para-hydroxylation sites is 3. The molecule has 12 aromatic carbocycles. The molecular weight excluding hydrogens is 917 g/mol. The summed E-state index contributed by atoms with van der Waals surface area (Å²) in [4.78, 5) is 2.63. The summed E-state index contributed by atoms with van der Waals surface area (Å²) in [6.45, 7) is 0. The third kappa shape index (κ3) is 5.20. The van der Waals surface area contributed by atoms with Crippen LogP contribution < -0.4 is 4.90 Å². The number of aromatic nitrogens is 1. The molecule has 0 saturated heterocycles. The number of rotatable bonds is 5. The highest BCUT2D eigenvalue weighted by atomic mass is 15.2. The third-order valence-electron chi connectivity index (χ3n) is 17.6. The van der Waals surface area contributed by atoms with Crippen LogP contribution in [-0.2, 0) is 10.8 Å². The summed E-state index contributed by atoms with van der Waals surface area (Å²) < 4.78 is 2.57. The van der Waals surface area contributed by atoms with Gasteiger partial charge in [-0.3, -0.25) is 0 Å². The Morgan fingerprint density at radius 1 is 0.276 bits per heavy atom. The second kappa shape index (κ2) is 15.4. The molecule has 0 unspecified atom stereocenters. The van der Waals surface area contributed by atoms with Crippen molar-refractivity contribution in [3.05, 3.63) is 324 Å². The Hall–Kier alpha value is -9.76. The Balaban J connectivity index is 1.03. The molecular formula is C74H46N2. The molecule has 17 rings (SSSR count). The van der Waals surface area contributed by atoms with Crippen molar-refractivity contribution in [1.82, 2.24) is 4.57 Å². The molecule has 2 heteroatoms. The maximum Gasteiger partial charge on any atom is 0.0755 e. The van der Waals surface area contributed by atoms with E-state index in [-0.39, 0.29) is 0 Å². The highest BCUT2D eigenvalue weighted by molar-refractivity contribution is 6.15. The van der Waals surface area contributed by atoms with Gasteiger partial charge in [-0.1, -0.05) is 237 Å². The minimum Gasteiger partial charge on any atom is -0.309 e. The van der Waals surface area contributed by atoms with Gasteiger partial charge >= 0.3 is 0 Å². The van der Waals surface area contributed by atoms with Crippen LogP contribution >= 0.6 is 0 Å². The molecule has 0 saturated carbocycles. The van der Waals surface area contributed by atoms with Crippen LogP contribution in [0, 0.1) is 0 Å². The van der Waals surface area contributed by atoms with Gasteiger partial charge in [0.05, 0.1) is 38.9 Å². The standard InChI is InChI=1S/C74H46N2/c1-2-22-47(23-3-1)48-24-20-25-49(44-48)51-26-9-17-40-67(51)75(70-43-21-39-65-71(70)57-32-8-15-37-63(57)73(65)59-33-11-4-27-52(59)53-28-5-12-34-60(53)73)50-45-58-56-31-10-18-41-68(56)76-69-42-19-16-38-64(69)74(66(46-50)72(58)76)61-35-13-6-29-54(61)55-30-7-14-36-62(55)74/h1-46H. The molecule has 0 N–H and O–H groups in total. The highest BCUT2D eigenvalue weighted by Crippen LogP contribution is 2.66. The van der Waals surface area contributed by atoms with Crippen LogP contribution in [0.2, 0.25) is 0 Å².